The lowest BCUT2D eigenvalue weighted by Crippen LogP contribution is -2.18. The van der Waals surface area contributed by atoms with Gasteiger partial charge in [-0.25, -0.2) is 4.79 Å². The van der Waals surface area contributed by atoms with Crippen molar-refractivity contribution in [2.45, 2.75) is 20.8 Å². The molecule has 0 aliphatic heterocycles. The number of esters is 1. The van der Waals surface area contributed by atoms with Crippen LogP contribution in [0.5, 0.6) is 0 Å². The highest BCUT2D eigenvalue weighted by atomic mass is 16.5. The van der Waals surface area contributed by atoms with E-state index in [1.54, 1.807) is 0 Å². The molecule has 12 heavy (non-hydrogen) atoms. The average Bonchev–Trinajstić information content (AvgIpc) is 2.00. The molecule has 0 spiro atoms. The fourth-order valence-corrected chi connectivity index (χ4v) is 0.652. The molecule has 0 saturated heterocycles. The zero-order chi connectivity index (χ0) is 9.56. The third kappa shape index (κ3) is 5.77. The maximum Gasteiger partial charge on any atom is 0.332 e. The van der Waals surface area contributed by atoms with Crippen molar-refractivity contribution >= 4 is 5.97 Å². The molecule has 1 N–H and O–H groups in total. The van der Waals surface area contributed by atoms with Crippen LogP contribution in [0.15, 0.2) is 11.8 Å². The lowest BCUT2D eigenvalue weighted by Gasteiger charge is -2.08. The van der Waals surface area contributed by atoms with E-state index >= 15 is 0 Å². The summed E-state index contributed by atoms with van der Waals surface area (Å²) in [6.45, 7) is 6.94. The molecular formula is C9H17NO2. The first-order valence-corrected chi connectivity index (χ1v) is 4.06. The van der Waals surface area contributed by atoms with Crippen molar-refractivity contribution in [2.24, 2.45) is 5.92 Å². The molecule has 0 heterocycles. The minimum Gasteiger partial charge on any atom is -0.466 e. The molecule has 0 rings (SSSR count). The average molecular weight is 171 g/mol. The molecule has 70 valence electrons. The van der Waals surface area contributed by atoms with Crippen LogP contribution in [0.4, 0.5) is 0 Å². The molecule has 0 saturated carbocycles. The second-order valence-electron chi connectivity index (χ2n) is 3.13. The van der Waals surface area contributed by atoms with Gasteiger partial charge in [0, 0.05) is 18.3 Å². The zero-order valence-corrected chi connectivity index (χ0v) is 8.18. The number of methoxy groups -OCH3 is 1. The molecular weight excluding hydrogens is 154 g/mol. The second-order valence-corrected chi connectivity index (χ2v) is 3.13. The van der Waals surface area contributed by atoms with E-state index in [4.69, 9.17) is 0 Å². The van der Waals surface area contributed by atoms with Gasteiger partial charge < -0.3 is 10.1 Å². The van der Waals surface area contributed by atoms with Crippen molar-refractivity contribution in [1.29, 1.82) is 0 Å². The number of carbonyl (C=O) groups excluding carboxylic acids is 1. The Kier molecular flexibility index (Phi) is 5.17. The third-order valence-corrected chi connectivity index (χ3v) is 1.32. The molecule has 0 bridgehead atoms. The van der Waals surface area contributed by atoms with E-state index in [1.807, 2.05) is 6.92 Å². The van der Waals surface area contributed by atoms with Crippen LogP contribution in [0.2, 0.25) is 0 Å². The van der Waals surface area contributed by atoms with Crippen molar-refractivity contribution in [3.8, 4) is 0 Å². The van der Waals surface area contributed by atoms with Gasteiger partial charge in [-0.15, -0.1) is 0 Å². The van der Waals surface area contributed by atoms with Gasteiger partial charge in [-0.1, -0.05) is 13.8 Å². The number of allylic oxidation sites excluding steroid dienone is 1. The predicted octanol–water partition coefficient (Wildman–Crippen LogP) is 1.31. The van der Waals surface area contributed by atoms with E-state index in [0.29, 0.717) is 5.92 Å². The highest BCUT2D eigenvalue weighted by Gasteiger charge is 1.96. The second kappa shape index (κ2) is 5.63. The Morgan fingerprint density at radius 3 is 2.58 bits per heavy atom. The number of rotatable bonds is 4. The van der Waals surface area contributed by atoms with Gasteiger partial charge in [0.1, 0.15) is 0 Å². The number of carbonyl (C=O) groups is 1. The Balaban J connectivity index is 3.78. The number of hydrogen-bond donors (Lipinski definition) is 1. The van der Waals surface area contributed by atoms with E-state index in [0.717, 1.165) is 12.2 Å². The standard InChI is InChI=1S/C9H17NO2/c1-7(2)6-10-8(3)5-9(11)12-4/h5,7,10H,6H2,1-4H3/b8-5-. The predicted molar refractivity (Wildman–Crippen MR) is 48.6 cm³/mol. The lowest BCUT2D eigenvalue weighted by molar-refractivity contribution is -0.134. The lowest BCUT2D eigenvalue weighted by atomic mass is 10.2. The Bertz CT molecular complexity index is 173. The first kappa shape index (κ1) is 11.0. The first-order chi connectivity index (χ1) is 5.56. The van der Waals surface area contributed by atoms with Crippen LogP contribution in [-0.2, 0) is 9.53 Å². The van der Waals surface area contributed by atoms with Crippen molar-refractivity contribution < 1.29 is 9.53 Å². The fraction of sp³-hybridized carbons (Fsp3) is 0.667. The Morgan fingerprint density at radius 2 is 2.17 bits per heavy atom. The van der Waals surface area contributed by atoms with Crippen LogP contribution in [-0.4, -0.2) is 19.6 Å². The maximum absolute atomic E-state index is 10.7. The first-order valence-electron chi connectivity index (χ1n) is 4.06. The van der Waals surface area contributed by atoms with E-state index in [-0.39, 0.29) is 5.97 Å². The van der Waals surface area contributed by atoms with Crippen LogP contribution >= 0.6 is 0 Å². The molecule has 0 aliphatic rings. The number of ether oxygens (including phenoxy) is 1. The molecule has 3 heteroatoms. The Morgan fingerprint density at radius 1 is 1.58 bits per heavy atom. The third-order valence-electron chi connectivity index (χ3n) is 1.32. The topological polar surface area (TPSA) is 38.3 Å². The van der Waals surface area contributed by atoms with E-state index in [9.17, 15) is 4.79 Å². The van der Waals surface area contributed by atoms with Gasteiger partial charge in [-0.2, -0.15) is 0 Å². The minimum absolute atomic E-state index is 0.316. The van der Waals surface area contributed by atoms with E-state index < -0.39 is 0 Å². The summed E-state index contributed by atoms with van der Waals surface area (Å²) in [5.74, 6) is 0.259. The minimum atomic E-state index is -0.316. The van der Waals surface area contributed by atoms with Crippen LogP contribution in [0, 0.1) is 5.92 Å². The number of nitrogens with one attached hydrogen (secondary N) is 1. The van der Waals surface area contributed by atoms with Gasteiger partial charge in [0.25, 0.3) is 0 Å². The molecule has 0 unspecified atom stereocenters. The van der Waals surface area contributed by atoms with Crippen molar-refractivity contribution in [2.75, 3.05) is 13.7 Å². The van der Waals surface area contributed by atoms with Gasteiger partial charge in [-0.05, 0) is 12.8 Å². The monoisotopic (exact) mass is 171 g/mol. The molecule has 0 aromatic carbocycles. The fourth-order valence-electron chi connectivity index (χ4n) is 0.652. The quantitative estimate of drug-likeness (QED) is 0.512. The van der Waals surface area contributed by atoms with Crippen molar-refractivity contribution in [3.63, 3.8) is 0 Å². The maximum atomic E-state index is 10.7. The van der Waals surface area contributed by atoms with Gasteiger partial charge >= 0.3 is 5.97 Å². The van der Waals surface area contributed by atoms with Gasteiger partial charge in [0.05, 0.1) is 7.11 Å². The molecule has 0 aromatic rings. The summed E-state index contributed by atoms with van der Waals surface area (Å²) >= 11 is 0. The molecule has 0 amide bonds. The van der Waals surface area contributed by atoms with Crippen LogP contribution < -0.4 is 5.32 Å². The molecule has 0 atom stereocenters. The van der Waals surface area contributed by atoms with Gasteiger partial charge in [-0.3, -0.25) is 0 Å². The normalized spacial score (nSPS) is 11.6. The van der Waals surface area contributed by atoms with E-state index in [1.165, 1.54) is 13.2 Å². The van der Waals surface area contributed by atoms with Crippen LogP contribution in [0.3, 0.4) is 0 Å². The highest BCUT2D eigenvalue weighted by Crippen LogP contribution is 1.92. The summed E-state index contributed by atoms with van der Waals surface area (Å²) in [5.41, 5.74) is 0.843. The molecule has 0 fully saturated rings. The van der Waals surface area contributed by atoms with Crippen LogP contribution in [0.25, 0.3) is 0 Å². The summed E-state index contributed by atoms with van der Waals surface area (Å²) in [5, 5.41) is 3.11. The summed E-state index contributed by atoms with van der Waals surface area (Å²) in [6, 6.07) is 0. The van der Waals surface area contributed by atoms with Gasteiger partial charge in [0.2, 0.25) is 0 Å². The summed E-state index contributed by atoms with van der Waals surface area (Å²) in [4.78, 5) is 10.7. The number of hydrogen-bond acceptors (Lipinski definition) is 3. The van der Waals surface area contributed by atoms with Gasteiger partial charge in [0.15, 0.2) is 0 Å². The molecule has 0 aromatic heterocycles. The summed E-state index contributed by atoms with van der Waals surface area (Å²) in [6.07, 6.45) is 1.45. The van der Waals surface area contributed by atoms with Crippen molar-refractivity contribution in [1.82, 2.24) is 5.32 Å². The smallest absolute Gasteiger partial charge is 0.332 e. The Hall–Kier alpha value is -0.990. The summed E-state index contributed by atoms with van der Waals surface area (Å²) in [7, 11) is 1.37. The van der Waals surface area contributed by atoms with E-state index in [2.05, 4.69) is 23.9 Å². The highest BCUT2D eigenvalue weighted by molar-refractivity contribution is 5.82. The summed E-state index contributed by atoms with van der Waals surface area (Å²) < 4.78 is 4.47. The molecule has 3 nitrogen and oxygen atoms in total. The molecule has 0 aliphatic carbocycles. The Labute approximate surface area is 73.8 Å². The largest absolute Gasteiger partial charge is 0.466 e. The SMILES string of the molecule is COC(=O)/C=C(/C)NCC(C)C. The molecule has 0 radical (unpaired) electrons. The van der Waals surface area contributed by atoms with Crippen molar-refractivity contribution in [3.05, 3.63) is 11.8 Å². The zero-order valence-electron chi connectivity index (χ0n) is 8.18. The van der Waals surface area contributed by atoms with Crippen LogP contribution in [0.1, 0.15) is 20.8 Å².